The number of likely N-dealkylation sites (tertiary alicyclic amines) is 1. The minimum Gasteiger partial charge on any atom is -0.486 e. The van der Waals surface area contributed by atoms with E-state index in [9.17, 15) is 9.59 Å². The first-order chi connectivity index (χ1) is 12.0. The summed E-state index contributed by atoms with van der Waals surface area (Å²) < 4.78 is 8.53. The number of carbonyl (C=O) groups is 1. The lowest BCUT2D eigenvalue weighted by Crippen LogP contribution is -2.56. The van der Waals surface area contributed by atoms with E-state index in [2.05, 4.69) is 0 Å². The Morgan fingerprint density at radius 1 is 1.20 bits per heavy atom. The third-order valence-corrected chi connectivity index (χ3v) is 5.65. The predicted octanol–water partition coefficient (Wildman–Crippen LogP) is 2.81. The summed E-state index contributed by atoms with van der Waals surface area (Å²) in [6.07, 6.45) is -0.0650. The zero-order chi connectivity index (χ0) is 17.6. The van der Waals surface area contributed by atoms with Crippen molar-refractivity contribution in [2.75, 3.05) is 13.1 Å². The molecule has 0 aliphatic carbocycles. The zero-order valence-electron chi connectivity index (χ0n) is 14.1. The molecule has 0 saturated carbocycles. The lowest BCUT2D eigenvalue weighted by atomic mass is 10.1. The summed E-state index contributed by atoms with van der Waals surface area (Å²) in [6, 6.07) is 13.3. The summed E-state index contributed by atoms with van der Waals surface area (Å²) in [7, 11) is 1.73. The fourth-order valence-electron chi connectivity index (χ4n) is 2.92. The van der Waals surface area contributed by atoms with Crippen LogP contribution >= 0.6 is 11.3 Å². The number of hydrogen-bond donors (Lipinski definition) is 0. The van der Waals surface area contributed by atoms with Gasteiger partial charge >= 0.3 is 0 Å². The highest BCUT2D eigenvalue weighted by molar-refractivity contribution is 7.20. The SMILES string of the molecule is Cc1cc(OC2CN(C(=O)c3cc4ccccc4s3)C2)cc(=O)n1C. The number of hydrogen-bond acceptors (Lipinski definition) is 4. The second kappa shape index (κ2) is 6.04. The maximum absolute atomic E-state index is 12.6. The Kier molecular flexibility index (Phi) is 3.84. The van der Waals surface area contributed by atoms with Gasteiger partial charge in [-0.05, 0) is 30.5 Å². The van der Waals surface area contributed by atoms with E-state index < -0.39 is 0 Å². The van der Waals surface area contributed by atoms with E-state index >= 15 is 0 Å². The van der Waals surface area contributed by atoms with Gasteiger partial charge < -0.3 is 14.2 Å². The Morgan fingerprint density at radius 2 is 1.96 bits per heavy atom. The van der Waals surface area contributed by atoms with Crippen molar-refractivity contribution in [3.05, 3.63) is 63.4 Å². The molecular weight excluding hydrogens is 336 g/mol. The molecule has 25 heavy (non-hydrogen) atoms. The van der Waals surface area contributed by atoms with E-state index in [4.69, 9.17) is 4.74 Å². The van der Waals surface area contributed by atoms with Crippen molar-refractivity contribution in [3.63, 3.8) is 0 Å². The Balaban J connectivity index is 1.41. The van der Waals surface area contributed by atoms with Crippen molar-refractivity contribution in [2.45, 2.75) is 13.0 Å². The monoisotopic (exact) mass is 354 g/mol. The molecular formula is C19H18N2O3S. The van der Waals surface area contributed by atoms with Crippen LogP contribution in [0.5, 0.6) is 5.75 Å². The van der Waals surface area contributed by atoms with Crippen molar-refractivity contribution in [1.82, 2.24) is 9.47 Å². The van der Waals surface area contributed by atoms with E-state index in [-0.39, 0.29) is 17.6 Å². The molecule has 128 valence electrons. The Hall–Kier alpha value is -2.60. The molecule has 0 spiro atoms. The Labute approximate surface area is 149 Å². The van der Waals surface area contributed by atoms with Crippen LogP contribution in [-0.4, -0.2) is 34.6 Å². The second-order valence-electron chi connectivity index (χ2n) is 6.33. The van der Waals surface area contributed by atoms with Crippen LogP contribution in [0.3, 0.4) is 0 Å². The number of benzene rings is 1. The highest BCUT2D eigenvalue weighted by Crippen LogP contribution is 2.28. The summed E-state index contributed by atoms with van der Waals surface area (Å²) in [6.45, 7) is 2.95. The van der Waals surface area contributed by atoms with E-state index in [1.807, 2.05) is 43.3 Å². The van der Waals surface area contributed by atoms with Crippen LogP contribution in [0.2, 0.25) is 0 Å². The average molecular weight is 354 g/mol. The fraction of sp³-hybridized carbons (Fsp3) is 0.263. The molecule has 5 nitrogen and oxygen atoms in total. The van der Waals surface area contributed by atoms with Gasteiger partial charge in [-0.3, -0.25) is 9.59 Å². The van der Waals surface area contributed by atoms with Crippen LogP contribution in [0.25, 0.3) is 10.1 Å². The number of aryl methyl sites for hydroxylation is 1. The van der Waals surface area contributed by atoms with Gasteiger partial charge in [0.2, 0.25) is 0 Å². The molecule has 1 aliphatic rings. The number of pyridine rings is 1. The van der Waals surface area contributed by atoms with Crippen LogP contribution in [0, 0.1) is 6.92 Å². The molecule has 4 rings (SSSR count). The standard InChI is InChI=1S/C19H18N2O3S/c1-12-7-14(9-18(22)20(12)2)24-15-10-21(11-15)19(23)17-8-13-5-3-4-6-16(13)25-17/h3-9,15H,10-11H2,1-2H3. The topological polar surface area (TPSA) is 51.5 Å². The van der Waals surface area contributed by atoms with Crippen molar-refractivity contribution in [3.8, 4) is 5.75 Å². The fourth-order valence-corrected chi connectivity index (χ4v) is 3.95. The summed E-state index contributed by atoms with van der Waals surface area (Å²) in [5.74, 6) is 0.612. The molecule has 0 unspecified atom stereocenters. The number of carbonyl (C=O) groups excluding carboxylic acids is 1. The van der Waals surface area contributed by atoms with Gasteiger partial charge in [-0.1, -0.05) is 18.2 Å². The van der Waals surface area contributed by atoms with E-state index in [0.29, 0.717) is 18.8 Å². The molecule has 0 radical (unpaired) electrons. The molecule has 1 amide bonds. The minimum absolute atomic E-state index is 0.0428. The molecule has 2 aromatic heterocycles. The highest BCUT2D eigenvalue weighted by Gasteiger charge is 2.33. The Morgan fingerprint density at radius 3 is 2.68 bits per heavy atom. The molecule has 1 aromatic carbocycles. The van der Waals surface area contributed by atoms with Crippen molar-refractivity contribution >= 4 is 27.3 Å². The van der Waals surface area contributed by atoms with E-state index in [1.165, 1.54) is 17.4 Å². The largest absolute Gasteiger partial charge is 0.486 e. The lowest BCUT2D eigenvalue weighted by molar-refractivity contribution is 0.0180. The molecule has 1 aliphatic heterocycles. The maximum atomic E-state index is 12.6. The number of aromatic nitrogens is 1. The maximum Gasteiger partial charge on any atom is 0.264 e. The highest BCUT2D eigenvalue weighted by atomic mass is 32.1. The van der Waals surface area contributed by atoms with E-state index in [1.54, 1.807) is 16.5 Å². The number of rotatable bonds is 3. The van der Waals surface area contributed by atoms with Crippen molar-refractivity contribution in [2.24, 2.45) is 7.05 Å². The number of amides is 1. The molecule has 0 bridgehead atoms. The second-order valence-corrected chi connectivity index (χ2v) is 7.41. The van der Waals surface area contributed by atoms with Crippen LogP contribution < -0.4 is 10.3 Å². The van der Waals surface area contributed by atoms with Crippen LogP contribution in [0.15, 0.2) is 47.3 Å². The summed E-state index contributed by atoms with van der Waals surface area (Å²) >= 11 is 1.52. The van der Waals surface area contributed by atoms with Gasteiger partial charge in [0.15, 0.2) is 0 Å². The molecule has 0 atom stereocenters. The number of thiophene rings is 1. The normalized spacial score (nSPS) is 14.6. The van der Waals surface area contributed by atoms with Gasteiger partial charge in [0.25, 0.3) is 11.5 Å². The van der Waals surface area contributed by atoms with E-state index in [0.717, 1.165) is 20.7 Å². The molecule has 1 fully saturated rings. The molecule has 3 heterocycles. The average Bonchev–Trinajstić information content (AvgIpc) is 2.99. The quantitative estimate of drug-likeness (QED) is 0.727. The smallest absolute Gasteiger partial charge is 0.264 e. The molecule has 1 saturated heterocycles. The summed E-state index contributed by atoms with van der Waals surface area (Å²) in [4.78, 5) is 26.9. The number of nitrogens with zero attached hydrogens (tertiary/aromatic N) is 2. The molecule has 3 aromatic rings. The van der Waals surface area contributed by atoms with Crippen molar-refractivity contribution in [1.29, 1.82) is 0 Å². The van der Waals surface area contributed by atoms with Gasteiger partial charge in [-0.25, -0.2) is 0 Å². The number of ether oxygens (including phenoxy) is 1. The summed E-state index contributed by atoms with van der Waals surface area (Å²) in [5.41, 5.74) is 0.757. The molecule has 0 N–H and O–H groups in total. The molecule has 6 heteroatoms. The summed E-state index contributed by atoms with van der Waals surface area (Å²) in [5, 5.41) is 1.10. The van der Waals surface area contributed by atoms with Crippen LogP contribution in [0.4, 0.5) is 0 Å². The van der Waals surface area contributed by atoms with Gasteiger partial charge in [0.1, 0.15) is 11.9 Å². The van der Waals surface area contributed by atoms with Gasteiger partial charge in [0, 0.05) is 23.5 Å². The Bertz CT molecular complexity index is 982. The van der Waals surface area contributed by atoms with Gasteiger partial charge in [-0.2, -0.15) is 0 Å². The first-order valence-corrected chi connectivity index (χ1v) is 8.95. The van der Waals surface area contributed by atoms with Gasteiger partial charge in [0.05, 0.1) is 18.0 Å². The lowest BCUT2D eigenvalue weighted by Gasteiger charge is -2.38. The zero-order valence-corrected chi connectivity index (χ0v) is 14.9. The van der Waals surface area contributed by atoms with Gasteiger partial charge in [-0.15, -0.1) is 11.3 Å². The predicted molar refractivity (Wildman–Crippen MR) is 98.6 cm³/mol. The van der Waals surface area contributed by atoms with Crippen LogP contribution in [0.1, 0.15) is 15.4 Å². The van der Waals surface area contributed by atoms with Crippen LogP contribution in [-0.2, 0) is 7.05 Å². The third-order valence-electron chi connectivity index (χ3n) is 4.55. The first-order valence-electron chi connectivity index (χ1n) is 8.13. The van der Waals surface area contributed by atoms with Crippen molar-refractivity contribution < 1.29 is 9.53 Å². The number of fused-ring (bicyclic) bond motifs is 1. The third kappa shape index (κ3) is 2.93. The first kappa shape index (κ1) is 15.9. The minimum atomic E-state index is -0.0902.